The number of ether oxygens (including phenoxy) is 2. The fraction of sp³-hybridized carbons (Fsp3) is 0.250. The lowest BCUT2D eigenvalue weighted by Gasteiger charge is -2.11. The van der Waals surface area contributed by atoms with Crippen molar-refractivity contribution in [3.63, 3.8) is 0 Å². The maximum atomic E-state index is 12.6. The van der Waals surface area contributed by atoms with E-state index < -0.39 is 0 Å². The van der Waals surface area contributed by atoms with Crippen LogP contribution in [0.15, 0.2) is 42.5 Å². The van der Waals surface area contributed by atoms with Crippen LogP contribution in [-0.4, -0.2) is 33.9 Å². The fourth-order valence-electron chi connectivity index (χ4n) is 2.97. The van der Waals surface area contributed by atoms with Crippen molar-refractivity contribution in [3.8, 4) is 22.9 Å². The molecule has 144 valence electrons. The zero-order valence-electron chi connectivity index (χ0n) is 15.4. The summed E-state index contributed by atoms with van der Waals surface area (Å²) >= 11 is 5.31. The minimum Gasteiger partial charge on any atom is -0.490 e. The van der Waals surface area contributed by atoms with Crippen LogP contribution < -0.4 is 14.8 Å². The number of amides is 1. The lowest BCUT2D eigenvalue weighted by atomic mass is 10.1. The number of aromatic nitrogens is 3. The SMILES string of the molecule is Cc1ccc(-c2n[nH]c(=S)n2CC(=O)Nc2ccc3c(c2)OCCCO3)cc1. The summed E-state index contributed by atoms with van der Waals surface area (Å²) in [4.78, 5) is 12.6. The first kappa shape index (κ1) is 18.2. The lowest BCUT2D eigenvalue weighted by Crippen LogP contribution is -2.19. The van der Waals surface area contributed by atoms with E-state index in [0.29, 0.717) is 41.0 Å². The predicted octanol–water partition coefficient (Wildman–Crippen LogP) is 3.72. The van der Waals surface area contributed by atoms with E-state index in [0.717, 1.165) is 17.5 Å². The number of nitrogens with zero attached hydrogens (tertiary/aromatic N) is 2. The maximum Gasteiger partial charge on any atom is 0.244 e. The molecule has 2 heterocycles. The van der Waals surface area contributed by atoms with Crippen molar-refractivity contribution in [1.82, 2.24) is 14.8 Å². The third kappa shape index (κ3) is 3.91. The molecule has 28 heavy (non-hydrogen) atoms. The molecule has 0 radical (unpaired) electrons. The summed E-state index contributed by atoms with van der Waals surface area (Å²) in [6.45, 7) is 3.28. The molecule has 0 bridgehead atoms. The van der Waals surface area contributed by atoms with E-state index in [1.165, 1.54) is 0 Å². The average Bonchev–Trinajstić information content (AvgIpc) is 2.90. The van der Waals surface area contributed by atoms with Crippen molar-refractivity contribution in [1.29, 1.82) is 0 Å². The third-order valence-corrected chi connectivity index (χ3v) is 4.71. The topological polar surface area (TPSA) is 81.2 Å². The standard InChI is InChI=1S/C20H20N4O3S/c1-13-3-5-14(6-4-13)19-22-23-20(28)24(19)12-18(25)21-15-7-8-16-17(11-15)27-10-2-9-26-16/h3-8,11H,2,9-10,12H2,1H3,(H,21,25)(H,23,28). The molecular formula is C20H20N4O3S. The normalized spacial score (nSPS) is 13.0. The first-order valence-electron chi connectivity index (χ1n) is 9.02. The van der Waals surface area contributed by atoms with Gasteiger partial charge < -0.3 is 14.8 Å². The molecule has 0 saturated carbocycles. The highest BCUT2D eigenvalue weighted by atomic mass is 32.1. The summed E-state index contributed by atoms with van der Waals surface area (Å²) in [7, 11) is 0. The quantitative estimate of drug-likeness (QED) is 0.657. The number of benzene rings is 2. The van der Waals surface area contributed by atoms with E-state index in [1.54, 1.807) is 22.8 Å². The predicted molar refractivity (Wildman–Crippen MR) is 108 cm³/mol. The number of rotatable bonds is 4. The van der Waals surface area contributed by atoms with E-state index >= 15 is 0 Å². The molecule has 0 saturated heterocycles. The highest BCUT2D eigenvalue weighted by Gasteiger charge is 2.15. The lowest BCUT2D eigenvalue weighted by molar-refractivity contribution is -0.116. The monoisotopic (exact) mass is 396 g/mol. The maximum absolute atomic E-state index is 12.6. The summed E-state index contributed by atoms with van der Waals surface area (Å²) in [5.74, 6) is 1.74. The van der Waals surface area contributed by atoms with Gasteiger partial charge in [0, 0.05) is 23.7 Å². The summed E-state index contributed by atoms with van der Waals surface area (Å²) in [5.41, 5.74) is 2.68. The van der Waals surface area contributed by atoms with Gasteiger partial charge >= 0.3 is 0 Å². The first-order valence-corrected chi connectivity index (χ1v) is 9.43. The molecule has 0 aliphatic carbocycles. The van der Waals surface area contributed by atoms with Crippen molar-refractivity contribution in [2.45, 2.75) is 19.9 Å². The van der Waals surface area contributed by atoms with Gasteiger partial charge in [0.2, 0.25) is 5.91 Å². The van der Waals surface area contributed by atoms with Crippen molar-refractivity contribution >= 4 is 23.8 Å². The van der Waals surface area contributed by atoms with Gasteiger partial charge in [0.15, 0.2) is 22.1 Å². The second-order valence-electron chi connectivity index (χ2n) is 6.56. The molecular weight excluding hydrogens is 376 g/mol. The summed E-state index contributed by atoms with van der Waals surface area (Å²) in [5, 5.41) is 9.92. The summed E-state index contributed by atoms with van der Waals surface area (Å²) in [6.07, 6.45) is 0.830. The second-order valence-corrected chi connectivity index (χ2v) is 6.95. The number of H-pyrrole nitrogens is 1. The number of carbonyl (C=O) groups excluding carboxylic acids is 1. The Morgan fingerprint density at radius 2 is 1.93 bits per heavy atom. The molecule has 7 nitrogen and oxygen atoms in total. The molecule has 0 atom stereocenters. The number of carbonyl (C=O) groups is 1. The Morgan fingerprint density at radius 1 is 1.18 bits per heavy atom. The van der Waals surface area contributed by atoms with Crippen LogP contribution >= 0.6 is 12.2 Å². The average molecular weight is 396 g/mol. The fourth-order valence-corrected chi connectivity index (χ4v) is 3.17. The minimum atomic E-state index is -0.208. The van der Waals surface area contributed by atoms with Gasteiger partial charge in [0.1, 0.15) is 6.54 Å². The van der Waals surface area contributed by atoms with Crippen LogP contribution in [0.1, 0.15) is 12.0 Å². The number of nitrogens with one attached hydrogen (secondary N) is 2. The Morgan fingerprint density at radius 3 is 2.71 bits per heavy atom. The van der Waals surface area contributed by atoms with Gasteiger partial charge in [-0.2, -0.15) is 5.10 Å². The molecule has 0 fully saturated rings. The van der Waals surface area contributed by atoms with Crippen molar-refractivity contribution < 1.29 is 14.3 Å². The molecule has 3 aromatic rings. The molecule has 1 aliphatic heterocycles. The van der Waals surface area contributed by atoms with Crippen LogP contribution in [0.4, 0.5) is 5.69 Å². The Labute approximate surface area is 167 Å². The van der Waals surface area contributed by atoms with Crippen LogP contribution in [0.2, 0.25) is 0 Å². The van der Waals surface area contributed by atoms with Crippen LogP contribution in [0.5, 0.6) is 11.5 Å². The Balaban J connectivity index is 1.52. The van der Waals surface area contributed by atoms with E-state index in [2.05, 4.69) is 15.5 Å². The highest BCUT2D eigenvalue weighted by Crippen LogP contribution is 2.32. The largest absolute Gasteiger partial charge is 0.490 e. The van der Waals surface area contributed by atoms with Crippen LogP contribution in [0.25, 0.3) is 11.4 Å². The first-order chi connectivity index (χ1) is 13.6. The van der Waals surface area contributed by atoms with Gasteiger partial charge in [-0.3, -0.25) is 14.5 Å². The molecule has 0 unspecified atom stereocenters. The number of fused-ring (bicyclic) bond motifs is 1. The van der Waals surface area contributed by atoms with Crippen LogP contribution in [-0.2, 0) is 11.3 Å². The Kier molecular flexibility index (Phi) is 5.12. The highest BCUT2D eigenvalue weighted by molar-refractivity contribution is 7.71. The second kappa shape index (κ2) is 7.85. The van der Waals surface area contributed by atoms with E-state index in [1.807, 2.05) is 31.2 Å². The van der Waals surface area contributed by atoms with Gasteiger partial charge in [-0.05, 0) is 31.3 Å². The number of hydrogen-bond acceptors (Lipinski definition) is 5. The van der Waals surface area contributed by atoms with Gasteiger partial charge in [0.05, 0.1) is 13.2 Å². The summed E-state index contributed by atoms with van der Waals surface area (Å²) in [6, 6.07) is 13.3. The Hall–Kier alpha value is -3.13. The Bertz CT molecular complexity index is 1060. The summed E-state index contributed by atoms with van der Waals surface area (Å²) < 4.78 is 13.4. The van der Waals surface area contributed by atoms with Crippen LogP contribution in [0.3, 0.4) is 0 Å². The zero-order chi connectivity index (χ0) is 19.5. The molecule has 1 amide bonds. The molecule has 1 aliphatic rings. The number of aryl methyl sites for hydroxylation is 1. The van der Waals surface area contributed by atoms with Crippen LogP contribution in [0, 0.1) is 11.7 Å². The van der Waals surface area contributed by atoms with Gasteiger partial charge in [0.25, 0.3) is 0 Å². The van der Waals surface area contributed by atoms with Crippen molar-refractivity contribution in [2.24, 2.45) is 0 Å². The molecule has 2 N–H and O–H groups in total. The van der Waals surface area contributed by atoms with Crippen molar-refractivity contribution in [3.05, 3.63) is 52.8 Å². The molecule has 1 aromatic heterocycles. The number of aromatic amines is 1. The minimum absolute atomic E-state index is 0.0486. The van der Waals surface area contributed by atoms with Gasteiger partial charge in [-0.25, -0.2) is 0 Å². The zero-order valence-corrected chi connectivity index (χ0v) is 16.2. The van der Waals surface area contributed by atoms with E-state index in [4.69, 9.17) is 21.7 Å². The van der Waals surface area contributed by atoms with E-state index in [-0.39, 0.29) is 12.5 Å². The molecule has 8 heteroatoms. The third-order valence-electron chi connectivity index (χ3n) is 4.40. The van der Waals surface area contributed by atoms with Gasteiger partial charge in [-0.1, -0.05) is 29.8 Å². The van der Waals surface area contributed by atoms with Gasteiger partial charge in [-0.15, -0.1) is 0 Å². The number of anilines is 1. The molecule has 4 rings (SSSR count). The molecule has 0 spiro atoms. The number of hydrogen-bond donors (Lipinski definition) is 2. The van der Waals surface area contributed by atoms with Crippen molar-refractivity contribution in [2.75, 3.05) is 18.5 Å². The smallest absolute Gasteiger partial charge is 0.244 e. The molecule has 2 aromatic carbocycles. The van der Waals surface area contributed by atoms with E-state index in [9.17, 15) is 4.79 Å².